The molecule has 193 valence electrons. The van der Waals surface area contributed by atoms with Crippen LogP contribution in [0, 0.1) is 17.8 Å². The molecule has 0 saturated carbocycles. The number of benzene rings is 2. The second kappa shape index (κ2) is 11.4. The van der Waals surface area contributed by atoms with E-state index in [0.29, 0.717) is 18.8 Å². The van der Waals surface area contributed by atoms with Crippen molar-refractivity contribution in [1.82, 2.24) is 9.55 Å². The van der Waals surface area contributed by atoms with Crippen molar-refractivity contribution in [3.8, 4) is 23.0 Å². The van der Waals surface area contributed by atoms with Crippen molar-refractivity contribution < 1.29 is 33.8 Å². The first kappa shape index (κ1) is 27.5. The van der Waals surface area contributed by atoms with Gasteiger partial charge >= 0.3 is 7.82 Å². The standard InChI is InChI=1S/C26H28N2O7PSi/c1-26(30,37)25-27-12-13-28(25)23(16-35-36(31,32)33)11-6-18-2-7-20(8-3-18)21-9-4-19(5-10-21)14-22-15-34-17-24(22)29/h2-5,7-10,12-13,22-24,29-30H,14-17H2,1H3,(H2,31,32,33)/t22-,23+,24-,26+/m1/s1. The van der Waals surface area contributed by atoms with Gasteiger partial charge in [0.1, 0.15) is 17.1 Å². The maximum Gasteiger partial charge on any atom is 0.469 e. The Kier molecular flexibility index (Phi) is 8.48. The van der Waals surface area contributed by atoms with E-state index in [-0.39, 0.29) is 11.7 Å². The van der Waals surface area contributed by atoms with Gasteiger partial charge in [-0.05, 0) is 42.2 Å². The van der Waals surface area contributed by atoms with Crippen LogP contribution in [0.1, 0.15) is 29.9 Å². The SMILES string of the molecule is C[C@](O)([Si])c1nccn1[C@@H](C#Cc1ccc(-c2ccc(C[C@@H]3COC[C@H]3O)cc2)cc1)COP(=O)(O)O. The van der Waals surface area contributed by atoms with Crippen LogP contribution in [0.3, 0.4) is 0 Å². The first-order valence-electron chi connectivity index (χ1n) is 11.7. The third-order valence-electron chi connectivity index (χ3n) is 6.06. The minimum absolute atomic E-state index is 0.124. The Morgan fingerprint density at radius 1 is 1.19 bits per heavy atom. The van der Waals surface area contributed by atoms with E-state index in [4.69, 9.17) is 19.0 Å². The molecular formula is C26H28N2O7PSi. The van der Waals surface area contributed by atoms with Gasteiger partial charge in [0.25, 0.3) is 0 Å². The third-order valence-corrected chi connectivity index (χ3v) is 6.77. The fraction of sp³-hybridized carbons (Fsp3) is 0.346. The topological polar surface area (TPSA) is 134 Å². The summed E-state index contributed by atoms with van der Waals surface area (Å²) in [6, 6.07) is 15.0. The lowest BCUT2D eigenvalue weighted by Crippen LogP contribution is -2.28. The summed E-state index contributed by atoms with van der Waals surface area (Å²) in [6.07, 6.45) is 3.37. The highest BCUT2D eigenvalue weighted by atomic mass is 31.2. The number of aromatic nitrogens is 2. The van der Waals surface area contributed by atoms with Crippen LogP contribution in [0.4, 0.5) is 0 Å². The highest BCUT2D eigenvalue weighted by Gasteiger charge is 2.27. The summed E-state index contributed by atoms with van der Waals surface area (Å²) in [5.41, 5.74) is 3.89. The van der Waals surface area contributed by atoms with Crippen LogP contribution in [0.5, 0.6) is 0 Å². The molecule has 4 rings (SSSR count). The van der Waals surface area contributed by atoms with Gasteiger partial charge in [-0.15, -0.1) is 0 Å². The van der Waals surface area contributed by atoms with Crippen LogP contribution < -0.4 is 0 Å². The normalized spacial score (nSPS) is 20.2. The highest BCUT2D eigenvalue weighted by molar-refractivity contribution is 7.46. The third kappa shape index (κ3) is 7.48. The van der Waals surface area contributed by atoms with E-state index in [1.165, 1.54) is 17.7 Å². The van der Waals surface area contributed by atoms with E-state index >= 15 is 0 Å². The lowest BCUT2D eigenvalue weighted by Gasteiger charge is -2.22. The van der Waals surface area contributed by atoms with Crippen molar-refractivity contribution in [3.05, 3.63) is 77.9 Å². The maximum atomic E-state index is 11.3. The quantitative estimate of drug-likeness (QED) is 0.194. The maximum absolute atomic E-state index is 11.3. The van der Waals surface area contributed by atoms with Crippen LogP contribution in [0.25, 0.3) is 11.1 Å². The molecule has 1 aromatic heterocycles. The molecule has 3 radical (unpaired) electrons. The Labute approximate surface area is 218 Å². The zero-order valence-corrected chi connectivity index (χ0v) is 22.1. The molecule has 1 aliphatic heterocycles. The van der Waals surface area contributed by atoms with Gasteiger partial charge in [-0.1, -0.05) is 48.2 Å². The molecule has 4 atom stereocenters. The zero-order chi connectivity index (χ0) is 26.6. The fourth-order valence-corrected chi connectivity index (χ4v) is 4.66. The van der Waals surface area contributed by atoms with Crippen LogP contribution in [0.15, 0.2) is 60.9 Å². The Morgan fingerprint density at radius 3 is 2.41 bits per heavy atom. The van der Waals surface area contributed by atoms with Crippen LogP contribution in [0.2, 0.25) is 0 Å². The number of hydrogen-bond donors (Lipinski definition) is 4. The lowest BCUT2D eigenvalue weighted by atomic mass is 9.95. The second-order valence-corrected chi connectivity index (χ2v) is 11.4. The molecule has 1 saturated heterocycles. The minimum atomic E-state index is -4.72. The van der Waals surface area contributed by atoms with Crippen LogP contribution in [-0.4, -0.2) is 65.7 Å². The molecule has 9 nitrogen and oxygen atoms in total. The number of aliphatic hydroxyl groups is 2. The van der Waals surface area contributed by atoms with Crippen molar-refractivity contribution >= 4 is 18.1 Å². The predicted octanol–water partition coefficient (Wildman–Crippen LogP) is 2.14. The Morgan fingerprint density at radius 2 is 1.84 bits per heavy atom. The van der Waals surface area contributed by atoms with Gasteiger partial charge in [-0.25, -0.2) is 9.55 Å². The van der Waals surface area contributed by atoms with Gasteiger partial charge in [0.05, 0.1) is 36.2 Å². The summed E-state index contributed by atoms with van der Waals surface area (Å²) in [5, 5.41) is 18.8. The first-order chi connectivity index (χ1) is 17.5. The molecule has 2 heterocycles. The average molecular weight is 540 g/mol. The summed E-state index contributed by atoms with van der Waals surface area (Å²) < 4.78 is 22.8. The Balaban J connectivity index is 1.49. The molecule has 0 spiro atoms. The number of rotatable bonds is 8. The molecule has 4 N–H and O–H groups in total. The molecule has 2 aromatic carbocycles. The van der Waals surface area contributed by atoms with Crippen molar-refractivity contribution in [1.29, 1.82) is 0 Å². The minimum Gasteiger partial charge on any atom is -0.390 e. The molecule has 0 aliphatic carbocycles. The molecule has 0 unspecified atom stereocenters. The number of phosphoric ester groups is 1. The van der Waals surface area contributed by atoms with Gasteiger partial charge < -0.3 is 29.3 Å². The van der Waals surface area contributed by atoms with Gasteiger partial charge in [-0.3, -0.25) is 4.52 Å². The fourth-order valence-electron chi connectivity index (χ4n) is 4.13. The van der Waals surface area contributed by atoms with Crippen molar-refractivity contribution in [2.24, 2.45) is 5.92 Å². The largest absolute Gasteiger partial charge is 0.469 e. The number of nitrogens with zero attached hydrogens (tertiary/aromatic N) is 2. The van der Waals surface area contributed by atoms with E-state index in [0.717, 1.165) is 23.1 Å². The van der Waals surface area contributed by atoms with Crippen LogP contribution >= 0.6 is 7.82 Å². The summed E-state index contributed by atoms with van der Waals surface area (Å²) in [5.74, 6) is 6.32. The molecule has 3 aromatic rings. The van der Waals surface area contributed by atoms with E-state index in [2.05, 4.69) is 39.2 Å². The monoisotopic (exact) mass is 539 g/mol. The number of hydrogen-bond acceptors (Lipinski definition) is 6. The molecule has 37 heavy (non-hydrogen) atoms. The summed E-state index contributed by atoms with van der Waals surface area (Å²) in [4.78, 5) is 22.4. The van der Waals surface area contributed by atoms with Crippen LogP contribution in [-0.2, 0) is 25.5 Å². The lowest BCUT2D eigenvalue weighted by molar-refractivity contribution is 0.118. The van der Waals surface area contributed by atoms with E-state index in [1.807, 2.05) is 36.4 Å². The van der Waals surface area contributed by atoms with Crippen molar-refractivity contribution in [3.63, 3.8) is 0 Å². The van der Waals surface area contributed by atoms with Gasteiger partial charge in [-0.2, -0.15) is 0 Å². The summed E-state index contributed by atoms with van der Waals surface area (Å²) in [6.45, 7) is 2.05. The molecule has 0 bridgehead atoms. The smallest absolute Gasteiger partial charge is 0.390 e. The zero-order valence-electron chi connectivity index (χ0n) is 20.2. The van der Waals surface area contributed by atoms with Gasteiger partial charge in [0, 0.05) is 23.9 Å². The Hall–Kier alpha value is -2.58. The number of aliphatic hydroxyl groups excluding tert-OH is 1. The van der Waals surface area contributed by atoms with E-state index < -0.39 is 31.8 Å². The van der Waals surface area contributed by atoms with Crippen molar-refractivity contribution in [2.75, 3.05) is 19.8 Å². The molecular weight excluding hydrogens is 511 g/mol. The summed E-state index contributed by atoms with van der Waals surface area (Å²) >= 11 is 0. The average Bonchev–Trinajstić information content (AvgIpc) is 3.49. The van der Waals surface area contributed by atoms with Gasteiger partial charge in [0.15, 0.2) is 0 Å². The predicted molar refractivity (Wildman–Crippen MR) is 137 cm³/mol. The molecule has 1 aliphatic rings. The molecule has 11 heteroatoms. The van der Waals surface area contributed by atoms with Crippen molar-refractivity contribution in [2.45, 2.75) is 30.7 Å². The highest BCUT2D eigenvalue weighted by Crippen LogP contribution is 2.37. The summed E-state index contributed by atoms with van der Waals surface area (Å²) in [7, 11) is -1.52. The number of ether oxygens (including phenoxy) is 1. The molecule has 1 fully saturated rings. The number of phosphoric acid groups is 1. The van der Waals surface area contributed by atoms with E-state index in [1.54, 1.807) is 6.20 Å². The molecule has 0 amide bonds. The van der Waals surface area contributed by atoms with Gasteiger partial charge in [0.2, 0.25) is 0 Å². The first-order valence-corrected chi connectivity index (χ1v) is 13.7. The number of imidazole rings is 1. The van der Waals surface area contributed by atoms with E-state index in [9.17, 15) is 14.8 Å². The Bertz CT molecular complexity index is 1300. The second-order valence-electron chi connectivity index (χ2n) is 9.15.